The predicted octanol–water partition coefficient (Wildman–Crippen LogP) is 4.30. The van der Waals surface area contributed by atoms with Gasteiger partial charge < -0.3 is 34.3 Å². The molecular formula is C29H48N2O9. The third-order valence-electron chi connectivity index (χ3n) is 6.38. The molecule has 2 N–H and O–H groups in total. The number of hydrogen-bond donors (Lipinski definition) is 2. The highest BCUT2D eigenvalue weighted by Crippen LogP contribution is 2.45. The van der Waals surface area contributed by atoms with Crippen molar-refractivity contribution in [2.24, 2.45) is 16.7 Å². The maximum absolute atomic E-state index is 12.8. The quantitative estimate of drug-likeness (QED) is 0.114. The molecule has 0 aromatic heterocycles. The van der Waals surface area contributed by atoms with Crippen molar-refractivity contribution in [1.29, 1.82) is 0 Å². The molecule has 3 atom stereocenters. The zero-order chi connectivity index (χ0) is 30.2. The lowest BCUT2D eigenvalue weighted by molar-refractivity contribution is -0.142. The van der Waals surface area contributed by atoms with Crippen molar-refractivity contribution < 1.29 is 42.9 Å². The second-order valence-corrected chi connectivity index (χ2v) is 11.7. The molecule has 0 heterocycles. The summed E-state index contributed by atoms with van der Waals surface area (Å²) in [5.74, 6) is -0.631. The Balaban J connectivity index is 2.64. The van der Waals surface area contributed by atoms with Crippen LogP contribution < -0.4 is 10.6 Å². The molecule has 228 valence electrons. The third kappa shape index (κ3) is 15.5. The highest BCUT2D eigenvalue weighted by atomic mass is 16.6. The van der Waals surface area contributed by atoms with Crippen LogP contribution in [0.2, 0.25) is 0 Å². The van der Waals surface area contributed by atoms with Gasteiger partial charge in [0.1, 0.15) is 19.8 Å². The van der Waals surface area contributed by atoms with E-state index in [2.05, 4.69) is 51.5 Å². The highest BCUT2D eigenvalue weighted by molar-refractivity contribution is 5.81. The lowest BCUT2D eigenvalue weighted by Gasteiger charge is -2.46. The molecule has 0 saturated heterocycles. The monoisotopic (exact) mass is 568 g/mol. The molecule has 11 heteroatoms. The Labute approximate surface area is 238 Å². The molecule has 3 unspecified atom stereocenters. The van der Waals surface area contributed by atoms with Crippen molar-refractivity contribution in [2.75, 3.05) is 39.6 Å². The van der Waals surface area contributed by atoms with Crippen molar-refractivity contribution in [1.82, 2.24) is 10.6 Å². The van der Waals surface area contributed by atoms with Crippen LogP contribution in [-0.4, -0.2) is 75.9 Å². The van der Waals surface area contributed by atoms with Gasteiger partial charge in [-0.3, -0.25) is 0 Å². The van der Waals surface area contributed by atoms with Gasteiger partial charge in [-0.05, 0) is 48.9 Å². The summed E-state index contributed by atoms with van der Waals surface area (Å²) in [4.78, 5) is 47.6. The van der Waals surface area contributed by atoms with E-state index in [1.165, 1.54) is 0 Å². The molecular weight excluding hydrogens is 520 g/mol. The largest absolute Gasteiger partial charge is 0.459 e. The Hall–Kier alpha value is -3.08. The molecule has 2 amide bonds. The van der Waals surface area contributed by atoms with Crippen molar-refractivity contribution >= 4 is 24.1 Å². The Morgan fingerprint density at radius 3 is 2.20 bits per heavy atom. The first-order valence-electron chi connectivity index (χ1n) is 13.8. The Kier molecular flexibility index (Phi) is 15.4. The average molecular weight is 569 g/mol. The topological polar surface area (TPSA) is 138 Å². The van der Waals surface area contributed by atoms with Crippen LogP contribution in [0.5, 0.6) is 0 Å². The minimum atomic E-state index is -0.770. The Morgan fingerprint density at radius 2 is 1.55 bits per heavy atom. The molecule has 0 bridgehead atoms. The molecule has 0 aromatic carbocycles. The summed E-state index contributed by atoms with van der Waals surface area (Å²) in [7, 11) is 0. The fraction of sp³-hybridized carbons (Fsp3) is 0.724. The molecule has 1 aliphatic carbocycles. The fourth-order valence-corrected chi connectivity index (χ4v) is 5.05. The first-order valence-corrected chi connectivity index (χ1v) is 13.8. The van der Waals surface area contributed by atoms with Gasteiger partial charge in [-0.25, -0.2) is 19.2 Å². The van der Waals surface area contributed by atoms with Gasteiger partial charge in [0.05, 0.1) is 6.61 Å². The standard InChI is InChI=1S/C29H48N2O9/c1-8-24(32)37-13-14-38-26(34)30-20-29(7)16-22(15-28(5,6)19-29)31-27(35)40-23(18-39-25(33)9-2)17-36-12-10-11-21(3)4/h8-9,21-23H,1-2,10-20H2,3-7H3,(H,30,34)(H,31,35). The predicted molar refractivity (Wildman–Crippen MR) is 149 cm³/mol. The molecule has 1 saturated carbocycles. The molecule has 1 rings (SSSR count). The smallest absolute Gasteiger partial charge is 0.407 e. The Morgan fingerprint density at radius 1 is 0.900 bits per heavy atom. The van der Waals surface area contributed by atoms with Crippen LogP contribution >= 0.6 is 0 Å². The number of nitrogens with one attached hydrogen (secondary N) is 2. The first-order chi connectivity index (χ1) is 18.8. The van der Waals surface area contributed by atoms with Gasteiger partial charge in [0.25, 0.3) is 0 Å². The van der Waals surface area contributed by atoms with Crippen LogP contribution in [0.3, 0.4) is 0 Å². The summed E-state index contributed by atoms with van der Waals surface area (Å²) in [6, 6.07) is -0.208. The highest BCUT2D eigenvalue weighted by Gasteiger charge is 2.42. The van der Waals surface area contributed by atoms with Crippen molar-refractivity contribution in [3.05, 3.63) is 25.3 Å². The summed E-state index contributed by atoms with van der Waals surface area (Å²) in [6.07, 6.45) is 4.10. The Bertz CT molecular complexity index is 858. The zero-order valence-corrected chi connectivity index (χ0v) is 24.8. The van der Waals surface area contributed by atoms with E-state index in [1.54, 1.807) is 0 Å². The number of carbonyl (C=O) groups excluding carboxylic acids is 4. The SMILES string of the molecule is C=CC(=O)OCCOC(=O)NCC1(C)CC(NC(=O)OC(COCCCC(C)C)COC(=O)C=C)CC(C)(C)C1. The zero-order valence-electron chi connectivity index (χ0n) is 24.8. The van der Waals surface area contributed by atoms with Gasteiger partial charge in [0.15, 0.2) is 6.10 Å². The van der Waals surface area contributed by atoms with Crippen molar-refractivity contribution in [2.45, 2.75) is 78.9 Å². The summed E-state index contributed by atoms with van der Waals surface area (Å²) >= 11 is 0. The number of alkyl carbamates (subject to hydrolysis) is 2. The maximum atomic E-state index is 12.8. The van der Waals surface area contributed by atoms with Gasteiger partial charge >= 0.3 is 24.1 Å². The van der Waals surface area contributed by atoms with E-state index in [4.69, 9.17) is 23.7 Å². The van der Waals surface area contributed by atoms with E-state index < -0.39 is 30.2 Å². The molecule has 0 radical (unpaired) electrons. The summed E-state index contributed by atoms with van der Waals surface area (Å²) in [6.45, 7) is 17.9. The number of carbonyl (C=O) groups is 4. The third-order valence-corrected chi connectivity index (χ3v) is 6.38. The van der Waals surface area contributed by atoms with E-state index in [9.17, 15) is 19.2 Å². The number of esters is 2. The number of ether oxygens (including phenoxy) is 5. The summed E-state index contributed by atoms with van der Waals surface area (Å²) in [5.41, 5.74) is -0.444. The van der Waals surface area contributed by atoms with Crippen LogP contribution in [0.15, 0.2) is 25.3 Å². The lowest BCUT2D eigenvalue weighted by Crippen LogP contribution is -2.51. The van der Waals surface area contributed by atoms with Crippen molar-refractivity contribution in [3.63, 3.8) is 0 Å². The molecule has 1 aliphatic rings. The van der Waals surface area contributed by atoms with Gasteiger partial charge in [0.2, 0.25) is 0 Å². The average Bonchev–Trinajstić information content (AvgIpc) is 2.86. The van der Waals surface area contributed by atoms with Crippen LogP contribution in [0.4, 0.5) is 9.59 Å². The fourth-order valence-electron chi connectivity index (χ4n) is 5.05. The van der Waals surface area contributed by atoms with E-state index in [-0.39, 0.29) is 43.3 Å². The first kappa shape index (κ1) is 34.9. The van der Waals surface area contributed by atoms with Gasteiger partial charge in [0, 0.05) is 31.3 Å². The molecule has 0 aliphatic heterocycles. The van der Waals surface area contributed by atoms with E-state index in [0.29, 0.717) is 25.5 Å². The van der Waals surface area contributed by atoms with Crippen molar-refractivity contribution in [3.8, 4) is 0 Å². The van der Waals surface area contributed by atoms with Crippen LogP contribution in [-0.2, 0) is 33.3 Å². The molecule has 0 aromatic rings. The lowest BCUT2D eigenvalue weighted by atomic mass is 9.62. The molecule has 0 spiro atoms. The number of hydrogen-bond acceptors (Lipinski definition) is 9. The van der Waals surface area contributed by atoms with Crippen LogP contribution in [0.25, 0.3) is 0 Å². The van der Waals surface area contributed by atoms with E-state index in [1.807, 2.05) is 6.92 Å². The second kappa shape index (κ2) is 17.6. The molecule has 40 heavy (non-hydrogen) atoms. The number of amides is 2. The van der Waals surface area contributed by atoms with Gasteiger partial charge in [-0.15, -0.1) is 0 Å². The minimum absolute atomic E-state index is 0.0621. The minimum Gasteiger partial charge on any atom is -0.459 e. The van der Waals surface area contributed by atoms with E-state index >= 15 is 0 Å². The van der Waals surface area contributed by atoms with E-state index in [0.717, 1.165) is 37.8 Å². The van der Waals surface area contributed by atoms with Crippen LogP contribution in [0.1, 0.15) is 66.7 Å². The second-order valence-electron chi connectivity index (χ2n) is 11.7. The summed E-state index contributed by atoms with van der Waals surface area (Å²) in [5, 5.41) is 5.72. The number of rotatable bonds is 17. The molecule has 11 nitrogen and oxygen atoms in total. The van der Waals surface area contributed by atoms with Crippen LogP contribution in [0, 0.1) is 16.7 Å². The summed E-state index contributed by atoms with van der Waals surface area (Å²) < 4.78 is 26.2. The van der Waals surface area contributed by atoms with Gasteiger partial charge in [-0.1, -0.05) is 47.8 Å². The van der Waals surface area contributed by atoms with Gasteiger partial charge in [-0.2, -0.15) is 0 Å². The normalized spacial score (nSPS) is 20.5. The maximum Gasteiger partial charge on any atom is 0.407 e. The molecule has 1 fully saturated rings.